The number of ketones is 1. The van der Waals surface area contributed by atoms with Gasteiger partial charge >= 0.3 is 0 Å². The second-order valence-electron chi connectivity index (χ2n) is 5.73. The summed E-state index contributed by atoms with van der Waals surface area (Å²) in [5.41, 5.74) is 8.55. The summed E-state index contributed by atoms with van der Waals surface area (Å²) in [5, 5.41) is 3.22. The van der Waals surface area contributed by atoms with E-state index in [-0.39, 0.29) is 29.6 Å². The first kappa shape index (κ1) is 18.6. The van der Waals surface area contributed by atoms with Crippen molar-refractivity contribution in [3.05, 3.63) is 65.2 Å². The molecule has 0 atom stereocenters. The Morgan fingerprint density at radius 3 is 2.40 bits per heavy atom. The maximum absolute atomic E-state index is 12.3. The van der Waals surface area contributed by atoms with E-state index in [0.29, 0.717) is 5.56 Å². The summed E-state index contributed by atoms with van der Waals surface area (Å²) in [6.45, 7) is 3.83. The number of hydrogen-bond donors (Lipinski definition) is 3. The summed E-state index contributed by atoms with van der Waals surface area (Å²) in [4.78, 5) is 24.1. The number of hydrazine groups is 1. The van der Waals surface area contributed by atoms with Crippen molar-refractivity contribution in [3.8, 4) is 0 Å². The molecule has 0 spiro atoms. The molecule has 0 aromatic heterocycles. The van der Waals surface area contributed by atoms with Gasteiger partial charge in [-0.1, -0.05) is 35.9 Å². The molecule has 2 aromatic carbocycles. The minimum absolute atomic E-state index is 0.0404. The van der Waals surface area contributed by atoms with Crippen LogP contribution in [0.4, 0.5) is 5.69 Å². The van der Waals surface area contributed by atoms with Crippen molar-refractivity contribution in [2.45, 2.75) is 26.7 Å². The second kappa shape index (κ2) is 8.94. The number of Topliss-reactive ketones (excluding diaryl/α,β-unsaturated/α-hetero) is 1. The van der Waals surface area contributed by atoms with Crippen LogP contribution in [0.2, 0.25) is 0 Å². The summed E-state index contributed by atoms with van der Waals surface area (Å²) in [6.07, 6.45) is 0.240. The standard InChI is InChI=1S/C19H21N3O2S/c1-13-8-9-14(2)16(12-13)17(23)10-11-18(24)21-22-19(25)20-15-6-4-3-5-7-15/h3-9,12H,10-11H2,1-2H3,(H,21,24)(H2,20,22,25). The van der Waals surface area contributed by atoms with Gasteiger partial charge in [-0.15, -0.1) is 0 Å². The minimum atomic E-state index is -0.295. The molecular formula is C19H21N3O2S. The molecule has 0 aliphatic rings. The highest BCUT2D eigenvalue weighted by Crippen LogP contribution is 2.13. The number of amides is 1. The van der Waals surface area contributed by atoms with E-state index in [4.69, 9.17) is 12.2 Å². The van der Waals surface area contributed by atoms with Crippen molar-refractivity contribution in [2.75, 3.05) is 5.32 Å². The molecule has 3 N–H and O–H groups in total. The second-order valence-corrected chi connectivity index (χ2v) is 6.14. The number of nitrogens with one attached hydrogen (secondary N) is 3. The first-order chi connectivity index (χ1) is 12.0. The Kier molecular flexibility index (Phi) is 6.65. The lowest BCUT2D eigenvalue weighted by Crippen LogP contribution is -2.43. The van der Waals surface area contributed by atoms with Crippen molar-refractivity contribution in [3.63, 3.8) is 0 Å². The maximum atomic E-state index is 12.3. The van der Waals surface area contributed by atoms with E-state index in [9.17, 15) is 9.59 Å². The zero-order valence-corrected chi connectivity index (χ0v) is 15.1. The summed E-state index contributed by atoms with van der Waals surface area (Å²) >= 11 is 5.09. The summed E-state index contributed by atoms with van der Waals surface area (Å²) < 4.78 is 0. The van der Waals surface area contributed by atoms with Gasteiger partial charge in [-0.25, -0.2) is 0 Å². The Morgan fingerprint density at radius 1 is 0.960 bits per heavy atom. The van der Waals surface area contributed by atoms with Crippen molar-refractivity contribution in [1.82, 2.24) is 10.9 Å². The van der Waals surface area contributed by atoms with Crippen LogP contribution in [0.15, 0.2) is 48.5 Å². The summed E-state index contributed by atoms with van der Waals surface area (Å²) in [6, 6.07) is 15.1. The molecular weight excluding hydrogens is 334 g/mol. The van der Waals surface area contributed by atoms with E-state index >= 15 is 0 Å². The number of benzene rings is 2. The fourth-order valence-electron chi connectivity index (χ4n) is 2.27. The van der Waals surface area contributed by atoms with Gasteiger partial charge in [0.25, 0.3) is 0 Å². The highest BCUT2D eigenvalue weighted by molar-refractivity contribution is 7.80. The molecule has 5 nitrogen and oxygen atoms in total. The van der Waals surface area contributed by atoms with Gasteiger partial charge in [0, 0.05) is 24.1 Å². The van der Waals surface area contributed by atoms with Gasteiger partial charge in [0.15, 0.2) is 10.9 Å². The van der Waals surface area contributed by atoms with Crippen molar-refractivity contribution < 1.29 is 9.59 Å². The Bertz CT molecular complexity index is 775. The van der Waals surface area contributed by atoms with Crippen molar-refractivity contribution in [2.24, 2.45) is 0 Å². The van der Waals surface area contributed by atoms with Crippen LogP contribution >= 0.6 is 12.2 Å². The number of anilines is 1. The van der Waals surface area contributed by atoms with Crippen LogP contribution < -0.4 is 16.2 Å². The SMILES string of the molecule is Cc1ccc(C)c(C(=O)CCC(=O)NNC(=S)Nc2ccccc2)c1. The van der Waals surface area contributed by atoms with E-state index in [1.165, 1.54) is 0 Å². The Hall–Kier alpha value is -2.73. The number of para-hydroxylation sites is 1. The van der Waals surface area contributed by atoms with Crippen LogP contribution in [-0.4, -0.2) is 16.8 Å². The van der Waals surface area contributed by atoms with Crippen LogP contribution in [-0.2, 0) is 4.79 Å². The van der Waals surface area contributed by atoms with Crippen LogP contribution in [0.3, 0.4) is 0 Å². The summed E-state index contributed by atoms with van der Waals surface area (Å²) in [5.74, 6) is -0.336. The lowest BCUT2D eigenvalue weighted by Gasteiger charge is -2.11. The molecule has 0 unspecified atom stereocenters. The topological polar surface area (TPSA) is 70.2 Å². The van der Waals surface area contributed by atoms with E-state index in [1.807, 2.05) is 62.4 Å². The number of carbonyl (C=O) groups is 2. The lowest BCUT2D eigenvalue weighted by molar-refractivity contribution is -0.121. The highest BCUT2D eigenvalue weighted by Gasteiger charge is 2.12. The molecule has 0 aliphatic heterocycles. The molecule has 2 rings (SSSR count). The fraction of sp³-hybridized carbons (Fsp3) is 0.211. The van der Waals surface area contributed by atoms with Gasteiger partial charge in [0.2, 0.25) is 5.91 Å². The first-order valence-corrected chi connectivity index (χ1v) is 8.38. The Labute approximate surface area is 152 Å². The van der Waals surface area contributed by atoms with Crippen LogP contribution in [0.5, 0.6) is 0 Å². The summed E-state index contributed by atoms with van der Waals surface area (Å²) in [7, 11) is 0. The molecule has 0 bridgehead atoms. The number of rotatable bonds is 5. The number of thiocarbonyl (C=S) groups is 1. The molecule has 0 radical (unpaired) electrons. The van der Waals surface area contributed by atoms with Crippen LogP contribution in [0.25, 0.3) is 0 Å². The van der Waals surface area contributed by atoms with Crippen molar-refractivity contribution >= 4 is 34.7 Å². The molecule has 6 heteroatoms. The molecule has 0 saturated heterocycles. The number of aryl methyl sites for hydroxylation is 2. The minimum Gasteiger partial charge on any atom is -0.331 e. The van der Waals surface area contributed by atoms with E-state index < -0.39 is 0 Å². The molecule has 0 heterocycles. The molecule has 1 amide bonds. The van der Waals surface area contributed by atoms with Crippen molar-refractivity contribution in [1.29, 1.82) is 0 Å². The van der Waals surface area contributed by atoms with Gasteiger partial charge < -0.3 is 5.32 Å². The Morgan fingerprint density at radius 2 is 1.68 bits per heavy atom. The predicted molar refractivity (Wildman–Crippen MR) is 103 cm³/mol. The third kappa shape index (κ3) is 6.00. The van der Waals surface area contributed by atoms with Gasteiger partial charge in [0.05, 0.1) is 0 Å². The Balaban J connectivity index is 1.76. The highest BCUT2D eigenvalue weighted by atomic mass is 32.1. The van der Waals surface area contributed by atoms with Crippen LogP contribution in [0, 0.1) is 13.8 Å². The predicted octanol–water partition coefficient (Wildman–Crippen LogP) is 3.28. The molecule has 130 valence electrons. The third-order valence-electron chi connectivity index (χ3n) is 3.62. The molecule has 2 aromatic rings. The molecule has 0 fully saturated rings. The van der Waals surface area contributed by atoms with Gasteiger partial charge in [0.1, 0.15) is 0 Å². The van der Waals surface area contributed by atoms with E-state index in [0.717, 1.165) is 16.8 Å². The normalized spacial score (nSPS) is 10.0. The van der Waals surface area contributed by atoms with E-state index in [1.54, 1.807) is 0 Å². The average Bonchev–Trinajstić information content (AvgIpc) is 2.60. The van der Waals surface area contributed by atoms with Gasteiger partial charge in [-0.05, 0) is 49.8 Å². The maximum Gasteiger partial charge on any atom is 0.238 e. The lowest BCUT2D eigenvalue weighted by atomic mass is 9.99. The fourth-order valence-corrected chi connectivity index (χ4v) is 2.44. The monoisotopic (exact) mass is 355 g/mol. The third-order valence-corrected chi connectivity index (χ3v) is 3.82. The van der Waals surface area contributed by atoms with E-state index in [2.05, 4.69) is 16.2 Å². The number of carbonyl (C=O) groups excluding carboxylic acids is 2. The number of hydrogen-bond acceptors (Lipinski definition) is 3. The zero-order valence-electron chi connectivity index (χ0n) is 14.3. The van der Waals surface area contributed by atoms with Gasteiger partial charge in [-0.3, -0.25) is 20.4 Å². The molecule has 25 heavy (non-hydrogen) atoms. The smallest absolute Gasteiger partial charge is 0.238 e. The first-order valence-electron chi connectivity index (χ1n) is 7.97. The largest absolute Gasteiger partial charge is 0.331 e. The zero-order chi connectivity index (χ0) is 18.2. The quantitative estimate of drug-likeness (QED) is 0.436. The van der Waals surface area contributed by atoms with Crippen LogP contribution in [0.1, 0.15) is 34.3 Å². The average molecular weight is 355 g/mol. The van der Waals surface area contributed by atoms with Gasteiger partial charge in [-0.2, -0.15) is 0 Å². The molecule has 0 aliphatic carbocycles. The molecule has 0 saturated carbocycles.